The SMILES string of the molecule is C=Cc1ccc2c(N(c3ccccc3)c3ccc4oc5ccccc5c4c3)ccc3ccc(=C)c1c32. The Hall–Kier alpha value is -4.82. The van der Waals surface area contributed by atoms with Crippen LogP contribution in [0.15, 0.2) is 120 Å². The molecule has 6 aromatic carbocycles. The molecular formula is C34H23NO. The Labute approximate surface area is 209 Å². The maximum absolute atomic E-state index is 6.11. The van der Waals surface area contributed by atoms with E-state index < -0.39 is 0 Å². The van der Waals surface area contributed by atoms with Gasteiger partial charge in [-0.25, -0.2) is 0 Å². The molecule has 7 aromatic rings. The third-order valence-electron chi connectivity index (χ3n) is 7.10. The van der Waals surface area contributed by atoms with Crippen LogP contribution in [-0.2, 0) is 0 Å². The largest absolute Gasteiger partial charge is 0.456 e. The lowest BCUT2D eigenvalue weighted by molar-refractivity contribution is 0.669. The number of furan rings is 1. The third-order valence-corrected chi connectivity index (χ3v) is 7.10. The van der Waals surface area contributed by atoms with E-state index in [1.165, 1.54) is 16.2 Å². The Morgan fingerprint density at radius 3 is 2.25 bits per heavy atom. The molecule has 0 bridgehead atoms. The minimum Gasteiger partial charge on any atom is -0.456 e. The summed E-state index contributed by atoms with van der Waals surface area (Å²) in [7, 11) is 0. The Kier molecular flexibility index (Phi) is 4.49. The quantitative estimate of drug-likeness (QED) is 0.260. The normalized spacial score (nSPS) is 11.6. The third kappa shape index (κ3) is 2.98. The van der Waals surface area contributed by atoms with Crippen molar-refractivity contribution in [1.29, 1.82) is 0 Å². The van der Waals surface area contributed by atoms with Gasteiger partial charge in [-0.1, -0.05) is 86.0 Å². The van der Waals surface area contributed by atoms with Gasteiger partial charge in [0.2, 0.25) is 0 Å². The molecule has 0 aliphatic heterocycles. The zero-order valence-corrected chi connectivity index (χ0v) is 19.7. The Morgan fingerprint density at radius 2 is 1.39 bits per heavy atom. The number of hydrogen-bond donors (Lipinski definition) is 0. The van der Waals surface area contributed by atoms with Crippen LogP contribution in [-0.4, -0.2) is 0 Å². The van der Waals surface area contributed by atoms with E-state index in [1.54, 1.807) is 0 Å². The molecule has 0 amide bonds. The van der Waals surface area contributed by atoms with Crippen molar-refractivity contribution in [3.63, 3.8) is 0 Å². The van der Waals surface area contributed by atoms with Gasteiger partial charge in [0.05, 0.1) is 5.69 Å². The Balaban J connectivity index is 1.56. The molecule has 0 radical (unpaired) electrons. The van der Waals surface area contributed by atoms with Crippen LogP contribution in [0, 0.1) is 0 Å². The number of anilines is 3. The van der Waals surface area contributed by atoms with Crippen molar-refractivity contribution in [2.24, 2.45) is 0 Å². The fourth-order valence-electron chi connectivity index (χ4n) is 5.45. The number of para-hydroxylation sites is 2. The molecule has 0 N–H and O–H groups in total. The van der Waals surface area contributed by atoms with Crippen LogP contribution in [0.1, 0.15) is 5.56 Å². The van der Waals surface area contributed by atoms with E-state index in [0.717, 1.165) is 55.2 Å². The summed E-state index contributed by atoms with van der Waals surface area (Å²) in [5.74, 6) is 0. The van der Waals surface area contributed by atoms with Crippen molar-refractivity contribution in [3.05, 3.63) is 127 Å². The minimum atomic E-state index is 0.891. The fraction of sp³-hybridized carbons (Fsp3) is 0. The van der Waals surface area contributed by atoms with Crippen LogP contribution in [0.25, 0.3) is 56.1 Å². The summed E-state index contributed by atoms with van der Waals surface area (Å²) in [6.45, 7) is 8.39. The van der Waals surface area contributed by atoms with Crippen molar-refractivity contribution in [1.82, 2.24) is 0 Å². The summed E-state index contributed by atoms with van der Waals surface area (Å²) in [5.41, 5.74) is 6.19. The number of benzene rings is 6. The standard InChI is InChI=1S/C34H23NO/c1-3-23-15-18-28-30(19-16-24-14-13-22(2)33(23)34(24)28)35(25-9-5-4-6-10-25)26-17-20-32-29(21-26)27-11-7-8-12-31(27)36-32/h3-21H,1-2H2. The van der Waals surface area contributed by atoms with Crippen LogP contribution in [0.2, 0.25) is 0 Å². The maximum Gasteiger partial charge on any atom is 0.135 e. The van der Waals surface area contributed by atoms with Crippen LogP contribution in [0.3, 0.4) is 0 Å². The number of hydrogen-bond acceptors (Lipinski definition) is 2. The zero-order valence-electron chi connectivity index (χ0n) is 19.7. The molecule has 0 fully saturated rings. The molecule has 170 valence electrons. The Bertz CT molecular complexity index is 1980. The summed E-state index contributed by atoms with van der Waals surface area (Å²) >= 11 is 0. The van der Waals surface area contributed by atoms with E-state index in [9.17, 15) is 0 Å². The van der Waals surface area contributed by atoms with Gasteiger partial charge in [-0.15, -0.1) is 0 Å². The summed E-state index contributed by atoms with van der Waals surface area (Å²) in [6.07, 6.45) is 1.92. The van der Waals surface area contributed by atoms with E-state index in [1.807, 2.05) is 18.2 Å². The molecule has 36 heavy (non-hydrogen) atoms. The van der Waals surface area contributed by atoms with Crippen molar-refractivity contribution in [2.45, 2.75) is 0 Å². The van der Waals surface area contributed by atoms with Crippen molar-refractivity contribution >= 4 is 73.2 Å². The summed E-state index contributed by atoms with van der Waals surface area (Å²) in [5, 5.41) is 7.99. The molecule has 0 unspecified atom stereocenters. The minimum absolute atomic E-state index is 0.891. The highest BCUT2D eigenvalue weighted by molar-refractivity contribution is 6.18. The van der Waals surface area contributed by atoms with Crippen molar-refractivity contribution < 1.29 is 4.42 Å². The number of nitrogens with zero attached hydrogens (tertiary/aromatic N) is 1. The van der Waals surface area contributed by atoms with E-state index in [2.05, 4.69) is 115 Å². The van der Waals surface area contributed by atoms with Gasteiger partial charge in [0.15, 0.2) is 0 Å². The predicted molar refractivity (Wildman–Crippen MR) is 154 cm³/mol. The van der Waals surface area contributed by atoms with Gasteiger partial charge in [0.25, 0.3) is 0 Å². The number of fused-ring (bicyclic) bond motifs is 3. The predicted octanol–water partition coefficient (Wildman–Crippen LogP) is 9.13. The van der Waals surface area contributed by atoms with Crippen molar-refractivity contribution in [2.75, 3.05) is 4.90 Å². The monoisotopic (exact) mass is 461 g/mol. The second-order valence-electron chi connectivity index (χ2n) is 9.14. The van der Waals surface area contributed by atoms with Gasteiger partial charge >= 0.3 is 0 Å². The smallest absolute Gasteiger partial charge is 0.135 e. The van der Waals surface area contributed by atoms with Crippen LogP contribution < -0.4 is 10.1 Å². The number of rotatable bonds is 4. The molecule has 1 aromatic heterocycles. The van der Waals surface area contributed by atoms with E-state index in [4.69, 9.17) is 4.42 Å². The van der Waals surface area contributed by atoms with Gasteiger partial charge in [-0.2, -0.15) is 0 Å². The lowest BCUT2D eigenvalue weighted by Gasteiger charge is -2.27. The van der Waals surface area contributed by atoms with Gasteiger partial charge < -0.3 is 9.32 Å². The molecular weight excluding hydrogens is 438 g/mol. The first kappa shape index (κ1) is 20.5. The maximum atomic E-state index is 6.11. The van der Waals surface area contributed by atoms with Crippen LogP contribution >= 0.6 is 0 Å². The van der Waals surface area contributed by atoms with Gasteiger partial charge in [-0.3, -0.25) is 0 Å². The molecule has 0 spiro atoms. The fourth-order valence-corrected chi connectivity index (χ4v) is 5.45. The molecule has 0 atom stereocenters. The summed E-state index contributed by atoms with van der Waals surface area (Å²) in [6, 6.07) is 38.2. The second kappa shape index (κ2) is 7.86. The topological polar surface area (TPSA) is 16.4 Å². The molecule has 0 saturated heterocycles. The average molecular weight is 462 g/mol. The molecule has 7 rings (SSSR count). The molecule has 0 aliphatic carbocycles. The van der Waals surface area contributed by atoms with Gasteiger partial charge in [0, 0.05) is 27.5 Å². The lowest BCUT2D eigenvalue weighted by Crippen LogP contribution is -2.11. The molecule has 2 heteroatoms. The van der Waals surface area contributed by atoms with E-state index in [0.29, 0.717) is 0 Å². The van der Waals surface area contributed by atoms with Crippen LogP contribution in [0.5, 0.6) is 0 Å². The molecule has 0 aliphatic rings. The molecule has 0 saturated carbocycles. The molecule has 2 nitrogen and oxygen atoms in total. The van der Waals surface area contributed by atoms with Crippen LogP contribution in [0.4, 0.5) is 17.1 Å². The van der Waals surface area contributed by atoms with Crippen molar-refractivity contribution in [3.8, 4) is 0 Å². The first-order chi connectivity index (χ1) is 17.7. The second-order valence-corrected chi connectivity index (χ2v) is 9.14. The lowest BCUT2D eigenvalue weighted by atomic mass is 9.94. The van der Waals surface area contributed by atoms with Gasteiger partial charge in [-0.05, 0) is 69.4 Å². The van der Waals surface area contributed by atoms with E-state index >= 15 is 0 Å². The zero-order chi connectivity index (χ0) is 24.2. The first-order valence-electron chi connectivity index (χ1n) is 12.1. The highest BCUT2D eigenvalue weighted by atomic mass is 16.3. The molecule has 1 heterocycles. The highest BCUT2D eigenvalue weighted by Gasteiger charge is 2.19. The Morgan fingerprint density at radius 1 is 0.611 bits per heavy atom. The highest BCUT2D eigenvalue weighted by Crippen LogP contribution is 2.43. The summed E-state index contributed by atoms with van der Waals surface area (Å²) in [4.78, 5) is 2.33. The summed E-state index contributed by atoms with van der Waals surface area (Å²) < 4.78 is 6.11. The average Bonchev–Trinajstić information content (AvgIpc) is 3.30. The van der Waals surface area contributed by atoms with E-state index in [-0.39, 0.29) is 0 Å². The van der Waals surface area contributed by atoms with Gasteiger partial charge in [0.1, 0.15) is 11.2 Å². The first-order valence-corrected chi connectivity index (χ1v) is 12.1.